The molecule has 0 spiro atoms. The summed E-state index contributed by atoms with van der Waals surface area (Å²) in [5.74, 6) is -14.3. The van der Waals surface area contributed by atoms with Gasteiger partial charge in [-0.1, -0.05) is 0 Å². The van der Waals surface area contributed by atoms with Crippen LogP contribution in [-0.4, -0.2) is 37.1 Å². The van der Waals surface area contributed by atoms with Crippen molar-refractivity contribution in [1.29, 1.82) is 0 Å². The van der Waals surface area contributed by atoms with Crippen molar-refractivity contribution in [2.24, 2.45) is 5.73 Å². The summed E-state index contributed by atoms with van der Waals surface area (Å²) in [6, 6.07) is -3.41. The summed E-state index contributed by atoms with van der Waals surface area (Å²) in [5.41, 5.74) is 4.28. The molecule has 0 fully saturated rings. The van der Waals surface area contributed by atoms with Crippen LogP contribution in [0.25, 0.3) is 0 Å². The Balaban J connectivity index is 5.27. The number of methoxy groups -OCH3 is 1. The van der Waals surface area contributed by atoms with Crippen LogP contribution in [0.3, 0.4) is 0 Å². The molecule has 0 aromatic rings. The van der Waals surface area contributed by atoms with Gasteiger partial charge < -0.3 is 10.5 Å². The molecule has 2 N–H and O–H groups in total. The largest absolute Gasteiger partial charge is 0.468 e. The number of hydrogen-bond donors (Lipinski definition) is 1. The van der Waals surface area contributed by atoms with Crippen LogP contribution in [0.5, 0.6) is 0 Å². The molecule has 0 aliphatic carbocycles. The molecule has 0 aromatic carbocycles. The van der Waals surface area contributed by atoms with E-state index < -0.39 is 30.0 Å². The fourth-order valence-electron chi connectivity index (χ4n) is 0.659. The van der Waals surface area contributed by atoms with Gasteiger partial charge in [-0.3, -0.25) is 4.79 Å². The number of ether oxygens (including phenoxy) is 1. The van der Waals surface area contributed by atoms with Gasteiger partial charge in [0.25, 0.3) is 0 Å². The lowest BCUT2D eigenvalue weighted by Gasteiger charge is -2.30. The van der Waals surface area contributed by atoms with Crippen molar-refractivity contribution in [2.45, 2.75) is 24.1 Å². The normalized spacial score (nSPS) is 15.8. The third-order valence-electron chi connectivity index (χ3n) is 1.62. The zero-order valence-electron chi connectivity index (χ0n) is 7.62. The number of alkyl halides is 7. The van der Waals surface area contributed by atoms with Crippen molar-refractivity contribution in [3.63, 3.8) is 0 Å². The predicted octanol–water partition coefficient (Wildman–Crippen LogP) is 1.32. The molecule has 0 aliphatic heterocycles. The first-order chi connectivity index (χ1) is 6.89. The van der Waals surface area contributed by atoms with Gasteiger partial charge in [-0.15, -0.1) is 0 Å². The van der Waals surface area contributed by atoms with E-state index in [1.807, 2.05) is 0 Å². The van der Waals surface area contributed by atoms with E-state index in [2.05, 4.69) is 10.5 Å². The van der Waals surface area contributed by atoms with Crippen LogP contribution >= 0.6 is 0 Å². The first-order valence-corrected chi connectivity index (χ1v) is 3.55. The second kappa shape index (κ2) is 4.07. The maximum Gasteiger partial charge on any atom is 0.459 e. The fourth-order valence-corrected chi connectivity index (χ4v) is 0.659. The number of carbonyl (C=O) groups is 1. The van der Waals surface area contributed by atoms with Gasteiger partial charge in [0.2, 0.25) is 0 Å². The molecule has 0 heterocycles. The highest BCUT2D eigenvalue weighted by Gasteiger charge is 2.76. The summed E-state index contributed by atoms with van der Waals surface area (Å²) in [7, 11) is 0.518. The van der Waals surface area contributed by atoms with Gasteiger partial charge in [0.15, 0.2) is 6.04 Å². The third kappa shape index (κ3) is 2.20. The third-order valence-corrected chi connectivity index (χ3v) is 1.62. The molecule has 0 rings (SSSR count). The quantitative estimate of drug-likeness (QED) is 0.612. The molecule has 0 aliphatic rings. The smallest absolute Gasteiger partial charge is 0.459 e. The number of hydrogen-bond acceptors (Lipinski definition) is 3. The topological polar surface area (TPSA) is 52.3 Å². The molecule has 0 saturated carbocycles. The first-order valence-electron chi connectivity index (χ1n) is 3.55. The summed E-state index contributed by atoms with van der Waals surface area (Å²) in [6.45, 7) is 0. The van der Waals surface area contributed by atoms with Crippen molar-refractivity contribution in [3.8, 4) is 0 Å². The van der Waals surface area contributed by atoms with Crippen molar-refractivity contribution in [1.82, 2.24) is 0 Å². The van der Waals surface area contributed by atoms with E-state index in [1.54, 1.807) is 0 Å². The van der Waals surface area contributed by atoms with E-state index in [1.165, 1.54) is 0 Å². The van der Waals surface area contributed by atoms with Crippen LogP contribution in [-0.2, 0) is 9.53 Å². The first kappa shape index (κ1) is 14.9. The number of rotatable bonds is 3. The summed E-state index contributed by atoms with van der Waals surface area (Å²) >= 11 is 0. The standard InChI is InChI=1S/C6H6F7NO2/c1-16-3(15)2(14)4(7,8)5(9,10)6(11,12)13/h2H,14H2,1H3/t2-/m1/s1. The number of esters is 1. The van der Waals surface area contributed by atoms with E-state index in [4.69, 9.17) is 0 Å². The maximum absolute atomic E-state index is 12.6. The van der Waals surface area contributed by atoms with Gasteiger partial charge >= 0.3 is 24.0 Å². The van der Waals surface area contributed by atoms with Gasteiger partial charge in [-0.05, 0) is 0 Å². The van der Waals surface area contributed by atoms with Crippen LogP contribution in [0.2, 0.25) is 0 Å². The Bertz CT molecular complexity index is 275. The maximum atomic E-state index is 12.6. The molecule has 16 heavy (non-hydrogen) atoms. The van der Waals surface area contributed by atoms with Crippen LogP contribution in [0.4, 0.5) is 30.7 Å². The highest BCUT2D eigenvalue weighted by Crippen LogP contribution is 2.47. The lowest BCUT2D eigenvalue weighted by Crippen LogP contribution is -2.63. The minimum atomic E-state index is -6.53. The van der Waals surface area contributed by atoms with Gasteiger partial charge in [-0.25, -0.2) is 0 Å². The average molecular weight is 257 g/mol. The van der Waals surface area contributed by atoms with Crippen molar-refractivity contribution in [2.75, 3.05) is 7.11 Å². The summed E-state index contributed by atoms with van der Waals surface area (Å²) < 4.78 is 88.3. The van der Waals surface area contributed by atoms with E-state index >= 15 is 0 Å². The summed E-state index contributed by atoms with van der Waals surface area (Å²) in [5, 5.41) is 0. The second-order valence-electron chi connectivity index (χ2n) is 2.70. The lowest BCUT2D eigenvalue weighted by atomic mass is 10.0. The molecule has 0 amide bonds. The number of carbonyl (C=O) groups excluding carboxylic acids is 1. The highest BCUT2D eigenvalue weighted by atomic mass is 19.4. The van der Waals surface area contributed by atoms with Crippen molar-refractivity contribution < 1.29 is 40.3 Å². The molecule has 0 aromatic heterocycles. The van der Waals surface area contributed by atoms with Gasteiger partial charge in [0.05, 0.1) is 7.11 Å². The SMILES string of the molecule is COC(=O)[C@@H](N)C(F)(F)C(F)(F)C(F)(F)F. The molecular weight excluding hydrogens is 251 g/mol. The predicted molar refractivity (Wildman–Crippen MR) is 35.9 cm³/mol. The van der Waals surface area contributed by atoms with E-state index in [9.17, 15) is 35.5 Å². The fraction of sp³-hybridized carbons (Fsp3) is 0.833. The van der Waals surface area contributed by atoms with E-state index in [0.717, 1.165) is 0 Å². The minimum absolute atomic E-state index is 0.518. The second-order valence-corrected chi connectivity index (χ2v) is 2.70. The van der Waals surface area contributed by atoms with Crippen molar-refractivity contribution in [3.05, 3.63) is 0 Å². The Hall–Kier alpha value is -1.06. The summed E-state index contributed by atoms with van der Waals surface area (Å²) in [6.07, 6.45) is -6.53. The molecule has 0 unspecified atom stereocenters. The number of halogens is 7. The molecule has 0 saturated heterocycles. The van der Waals surface area contributed by atoms with Crippen LogP contribution in [0.15, 0.2) is 0 Å². The Morgan fingerprint density at radius 3 is 1.75 bits per heavy atom. The molecule has 96 valence electrons. The average Bonchev–Trinajstić information content (AvgIpc) is 2.13. The number of nitrogens with two attached hydrogens (primary N) is 1. The zero-order chi connectivity index (χ0) is 13.4. The van der Waals surface area contributed by atoms with Gasteiger partial charge in [0, 0.05) is 0 Å². The highest BCUT2D eigenvalue weighted by molar-refractivity contribution is 5.76. The van der Waals surface area contributed by atoms with Gasteiger partial charge in [0.1, 0.15) is 0 Å². The molecule has 1 atom stereocenters. The Morgan fingerprint density at radius 1 is 1.12 bits per heavy atom. The molecular formula is C6H6F7NO2. The lowest BCUT2D eigenvalue weighted by molar-refractivity contribution is -0.357. The minimum Gasteiger partial charge on any atom is -0.468 e. The monoisotopic (exact) mass is 257 g/mol. The molecule has 0 bridgehead atoms. The van der Waals surface area contributed by atoms with Crippen LogP contribution < -0.4 is 5.73 Å². The Morgan fingerprint density at radius 2 is 1.50 bits per heavy atom. The molecule has 0 radical (unpaired) electrons. The molecule has 3 nitrogen and oxygen atoms in total. The van der Waals surface area contributed by atoms with Gasteiger partial charge in [-0.2, -0.15) is 30.7 Å². The molecule has 10 heteroatoms. The van der Waals surface area contributed by atoms with Crippen molar-refractivity contribution >= 4 is 5.97 Å². The summed E-state index contributed by atoms with van der Waals surface area (Å²) in [4.78, 5) is 10.4. The van der Waals surface area contributed by atoms with Crippen LogP contribution in [0, 0.1) is 0 Å². The Kier molecular flexibility index (Phi) is 3.80. The van der Waals surface area contributed by atoms with Crippen LogP contribution in [0.1, 0.15) is 0 Å². The van der Waals surface area contributed by atoms with E-state index in [0.29, 0.717) is 7.11 Å². The Labute approximate surface area is 84.3 Å². The zero-order valence-corrected chi connectivity index (χ0v) is 7.62. The van der Waals surface area contributed by atoms with E-state index in [-0.39, 0.29) is 0 Å².